The summed E-state index contributed by atoms with van der Waals surface area (Å²) in [5.41, 5.74) is 2.81. The SMILES string of the molecule is OCC1CCC(Nc2ccc3nnc(-c4cccc(Cl)c4)n3c2)CC1. The van der Waals surface area contributed by atoms with Gasteiger partial charge in [-0.15, -0.1) is 10.2 Å². The quantitative estimate of drug-likeness (QED) is 0.741. The van der Waals surface area contributed by atoms with E-state index in [4.69, 9.17) is 11.6 Å². The molecule has 0 atom stereocenters. The van der Waals surface area contributed by atoms with Crippen molar-refractivity contribution in [3.63, 3.8) is 0 Å². The van der Waals surface area contributed by atoms with Crippen molar-refractivity contribution in [1.29, 1.82) is 0 Å². The highest BCUT2D eigenvalue weighted by Crippen LogP contribution is 2.27. The molecule has 1 aromatic carbocycles. The van der Waals surface area contributed by atoms with E-state index in [1.807, 2.05) is 47.0 Å². The zero-order valence-electron chi connectivity index (χ0n) is 13.9. The molecule has 0 spiro atoms. The maximum atomic E-state index is 9.27. The van der Waals surface area contributed by atoms with E-state index in [2.05, 4.69) is 15.5 Å². The molecule has 0 bridgehead atoms. The van der Waals surface area contributed by atoms with Crippen LogP contribution in [0.3, 0.4) is 0 Å². The smallest absolute Gasteiger partial charge is 0.168 e. The van der Waals surface area contributed by atoms with E-state index in [1.165, 1.54) is 0 Å². The minimum absolute atomic E-state index is 0.308. The second-order valence-electron chi connectivity index (χ2n) is 6.72. The fourth-order valence-corrected chi connectivity index (χ4v) is 3.72. The number of anilines is 1. The van der Waals surface area contributed by atoms with Crippen LogP contribution in [-0.2, 0) is 0 Å². The van der Waals surface area contributed by atoms with E-state index in [9.17, 15) is 5.11 Å². The van der Waals surface area contributed by atoms with Crippen LogP contribution in [0.25, 0.3) is 17.0 Å². The summed E-state index contributed by atoms with van der Waals surface area (Å²) < 4.78 is 1.99. The van der Waals surface area contributed by atoms with Crippen molar-refractivity contribution in [2.24, 2.45) is 5.92 Å². The summed E-state index contributed by atoms with van der Waals surface area (Å²) in [6, 6.07) is 12.1. The van der Waals surface area contributed by atoms with E-state index in [1.54, 1.807) is 0 Å². The van der Waals surface area contributed by atoms with Gasteiger partial charge < -0.3 is 10.4 Å². The van der Waals surface area contributed by atoms with Gasteiger partial charge in [-0.1, -0.05) is 23.7 Å². The lowest BCUT2D eigenvalue weighted by Gasteiger charge is -2.28. The maximum absolute atomic E-state index is 9.27. The molecule has 1 aliphatic rings. The molecule has 2 N–H and O–H groups in total. The van der Waals surface area contributed by atoms with Gasteiger partial charge in [0.1, 0.15) is 0 Å². The molecule has 2 aromatic heterocycles. The molecular weight excluding hydrogens is 336 g/mol. The van der Waals surface area contributed by atoms with Crippen LogP contribution in [0.15, 0.2) is 42.6 Å². The Morgan fingerprint density at radius 3 is 2.72 bits per heavy atom. The Labute approximate surface area is 151 Å². The predicted molar refractivity (Wildman–Crippen MR) is 99.9 cm³/mol. The van der Waals surface area contributed by atoms with Crippen LogP contribution in [0.1, 0.15) is 25.7 Å². The molecule has 130 valence electrons. The summed E-state index contributed by atoms with van der Waals surface area (Å²) in [7, 11) is 0. The van der Waals surface area contributed by atoms with Crippen LogP contribution in [0.5, 0.6) is 0 Å². The fourth-order valence-electron chi connectivity index (χ4n) is 3.53. The van der Waals surface area contributed by atoms with Crippen molar-refractivity contribution in [3.05, 3.63) is 47.6 Å². The molecule has 0 unspecified atom stereocenters. The van der Waals surface area contributed by atoms with Gasteiger partial charge >= 0.3 is 0 Å². The lowest BCUT2D eigenvalue weighted by atomic mass is 9.86. The third kappa shape index (κ3) is 3.48. The first-order valence-electron chi connectivity index (χ1n) is 8.71. The summed E-state index contributed by atoms with van der Waals surface area (Å²) in [5, 5.41) is 22.1. The van der Waals surface area contributed by atoms with Gasteiger partial charge in [0.25, 0.3) is 0 Å². The minimum atomic E-state index is 0.308. The number of aromatic nitrogens is 3. The first kappa shape index (κ1) is 16.4. The summed E-state index contributed by atoms with van der Waals surface area (Å²) in [6.07, 6.45) is 6.39. The molecule has 0 aliphatic heterocycles. The topological polar surface area (TPSA) is 62.5 Å². The zero-order valence-corrected chi connectivity index (χ0v) is 14.7. The Balaban J connectivity index is 1.58. The normalized spacial score (nSPS) is 20.7. The van der Waals surface area contributed by atoms with Crippen molar-refractivity contribution in [2.75, 3.05) is 11.9 Å². The van der Waals surface area contributed by atoms with Gasteiger partial charge in [0.15, 0.2) is 11.5 Å². The van der Waals surface area contributed by atoms with Gasteiger partial charge in [-0.3, -0.25) is 4.40 Å². The summed E-state index contributed by atoms with van der Waals surface area (Å²) in [5.74, 6) is 1.25. The van der Waals surface area contributed by atoms with Crippen molar-refractivity contribution in [3.8, 4) is 11.4 Å². The molecule has 4 rings (SSSR count). The number of aliphatic hydroxyl groups excluding tert-OH is 1. The monoisotopic (exact) mass is 356 g/mol. The van der Waals surface area contributed by atoms with Crippen molar-refractivity contribution >= 4 is 22.9 Å². The molecule has 5 nitrogen and oxygen atoms in total. The lowest BCUT2D eigenvalue weighted by molar-refractivity contribution is 0.186. The fraction of sp³-hybridized carbons (Fsp3) is 0.368. The summed E-state index contributed by atoms with van der Waals surface area (Å²) in [4.78, 5) is 0. The maximum Gasteiger partial charge on any atom is 0.168 e. The predicted octanol–water partition coefficient (Wildman–Crippen LogP) is 4.01. The highest BCUT2D eigenvalue weighted by molar-refractivity contribution is 6.30. The zero-order chi connectivity index (χ0) is 17.2. The van der Waals surface area contributed by atoms with Gasteiger partial charge in [-0.2, -0.15) is 0 Å². The Kier molecular flexibility index (Phi) is 4.59. The molecule has 1 saturated carbocycles. The van der Waals surface area contributed by atoms with Crippen LogP contribution in [0.2, 0.25) is 5.02 Å². The second kappa shape index (κ2) is 7.02. The molecular formula is C19H21ClN4O. The van der Waals surface area contributed by atoms with Crippen molar-refractivity contribution in [2.45, 2.75) is 31.7 Å². The average molecular weight is 357 g/mol. The number of fused-ring (bicyclic) bond motifs is 1. The number of pyridine rings is 1. The minimum Gasteiger partial charge on any atom is -0.396 e. The van der Waals surface area contributed by atoms with Crippen LogP contribution < -0.4 is 5.32 Å². The number of halogens is 1. The van der Waals surface area contributed by atoms with Crippen LogP contribution >= 0.6 is 11.6 Å². The molecule has 0 amide bonds. The van der Waals surface area contributed by atoms with Crippen molar-refractivity contribution in [1.82, 2.24) is 14.6 Å². The van der Waals surface area contributed by atoms with Gasteiger partial charge in [0.05, 0.1) is 5.69 Å². The van der Waals surface area contributed by atoms with Gasteiger partial charge in [0.2, 0.25) is 0 Å². The Hall–Kier alpha value is -2.11. The average Bonchev–Trinajstić information content (AvgIpc) is 3.06. The number of aliphatic hydroxyl groups is 1. The Morgan fingerprint density at radius 1 is 1.12 bits per heavy atom. The molecule has 0 saturated heterocycles. The van der Waals surface area contributed by atoms with E-state index in [-0.39, 0.29) is 0 Å². The Morgan fingerprint density at radius 2 is 1.96 bits per heavy atom. The molecule has 0 radical (unpaired) electrons. The third-order valence-corrected chi connectivity index (χ3v) is 5.20. The first-order valence-corrected chi connectivity index (χ1v) is 9.09. The van der Waals surface area contributed by atoms with E-state index in [0.717, 1.165) is 48.4 Å². The number of rotatable bonds is 4. The first-order chi connectivity index (χ1) is 12.2. The van der Waals surface area contributed by atoms with E-state index in [0.29, 0.717) is 23.6 Å². The Bertz CT molecular complexity index is 871. The molecule has 25 heavy (non-hydrogen) atoms. The van der Waals surface area contributed by atoms with Crippen LogP contribution in [0, 0.1) is 5.92 Å². The van der Waals surface area contributed by atoms with E-state index < -0.39 is 0 Å². The van der Waals surface area contributed by atoms with Crippen LogP contribution in [0.4, 0.5) is 5.69 Å². The summed E-state index contributed by atoms with van der Waals surface area (Å²) in [6.45, 7) is 0.308. The lowest BCUT2D eigenvalue weighted by Crippen LogP contribution is -2.27. The number of nitrogens with zero attached hydrogens (tertiary/aromatic N) is 3. The molecule has 1 aliphatic carbocycles. The van der Waals surface area contributed by atoms with Gasteiger partial charge in [0, 0.05) is 29.4 Å². The molecule has 6 heteroatoms. The molecule has 3 aromatic rings. The number of hydrogen-bond acceptors (Lipinski definition) is 4. The van der Waals surface area contributed by atoms with Crippen molar-refractivity contribution < 1.29 is 5.11 Å². The summed E-state index contributed by atoms with van der Waals surface area (Å²) >= 11 is 6.11. The third-order valence-electron chi connectivity index (χ3n) is 4.96. The highest BCUT2D eigenvalue weighted by Gasteiger charge is 2.20. The van der Waals surface area contributed by atoms with Gasteiger partial charge in [-0.25, -0.2) is 0 Å². The standard InChI is InChI=1S/C19H21ClN4O/c20-15-3-1-2-14(10-15)19-23-22-18-9-8-17(11-24(18)19)21-16-6-4-13(12-25)5-7-16/h1-3,8-11,13,16,21,25H,4-7,12H2. The molecule has 2 heterocycles. The second-order valence-corrected chi connectivity index (χ2v) is 7.16. The largest absolute Gasteiger partial charge is 0.396 e. The van der Waals surface area contributed by atoms with Gasteiger partial charge in [-0.05, 0) is 55.9 Å². The highest BCUT2D eigenvalue weighted by atomic mass is 35.5. The number of nitrogens with one attached hydrogen (secondary N) is 1. The number of benzene rings is 1. The van der Waals surface area contributed by atoms with E-state index >= 15 is 0 Å². The van der Waals surface area contributed by atoms with Crippen LogP contribution in [-0.4, -0.2) is 32.4 Å². The molecule has 1 fully saturated rings. The number of hydrogen-bond donors (Lipinski definition) is 2.